The van der Waals surface area contributed by atoms with Gasteiger partial charge >= 0.3 is 0 Å². The van der Waals surface area contributed by atoms with Gasteiger partial charge in [-0.15, -0.1) is 0 Å². The molecule has 0 radical (unpaired) electrons. The Morgan fingerprint density at radius 3 is 2.33 bits per heavy atom. The van der Waals surface area contributed by atoms with Crippen molar-refractivity contribution in [3.63, 3.8) is 0 Å². The summed E-state index contributed by atoms with van der Waals surface area (Å²) < 4.78 is 13.5. The Morgan fingerprint density at radius 2 is 1.72 bits per heavy atom. The van der Waals surface area contributed by atoms with Crippen LogP contribution in [0.5, 0.6) is 0 Å². The third-order valence-corrected chi connectivity index (χ3v) is 3.13. The molecular weight excluding hydrogens is 225 g/mol. The molecule has 2 rings (SSSR count). The Hall–Kier alpha value is -1.83. The molecule has 1 N–H and O–H groups in total. The van der Waals surface area contributed by atoms with E-state index in [1.807, 2.05) is 13.0 Å². The van der Waals surface area contributed by atoms with Crippen LogP contribution in [0, 0.1) is 5.82 Å². The maximum absolute atomic E-state index is 13.5. The summed E-state index contributed by atoms with van der Waals surface area (Å²) in [4.78, 5) is 0. The number of hydrogen-bond donors (Lipinski definition) is 1. The summed E-state index contributed by atoms with van der Waals surface area (Å²) in [6.45, 7) is 4.17. The molecular formula is C16H18FN. The van der Waals surface area contributed by atoms with Gasteiger partial charge in [-0.3, -0.25) is 0 Å². The molecule has 2 aromatic rings. The molecule has 0 aliphatic rings. The minimum atomic E-state index is -0.213. The van der Waals surface area contributed by atoms with Crippen molar-refractivity contribution in [1.82, 2.24) is 0 Å². The van der Waals surface area contributed by atoms with Crippen molar-refractivity contribution in [2.45, 2.75) is 26.3 Å². The van der Waals surface area contributed by atoms with E-state index in [1.54, 1.807) is 12.1 Å². The van der Waals surface area contributed by atoms with Gasteiger partial charge in [-0.1, -0.05) is 43.3 Å². The van der Waals surface area contributed by atoms with Crippen molar-refractivity contribution in [1.29, 1.82) is 0 Å². The number of benzene rings is 2. The van der Waals surface area contributed by atoms with Gasteiger partial charge in [0.25, 0.3) is 0 Å². The summed E-state index contributed by atoms with van der Waals surface area (Å²) in [5.41, 5.74) is 3.02. The van der Waals surface area contributed by atoms with Crippen LogP contribution in [-0.2, 0) is 6.42 Å². The summed E-state index contributed by atoms with van der Waals surface area (Å²) in [7, 11) is 0. The van der Waals surface area contributed by atoms with Crippen LogP contribution in [0.2, 0.25) is 0 Å². The van der Waals surface area contributed by atoms with Gasteiger partial charge in [0.2, 0.25) is 0 Å². The largest absolute Gasteiger partial charge is 0.376 e. The van der Waals surface area contributed by atoms with Crippen LogP contribution in [0.1, 0.15) is 31.0 Å². The normalized spacial score (nSPS) is 12.2. The SMILES string of the molecule is CCc1ccc(C(C)Nc2ccccc2F)cc1. The van der Waals surface area contributed by atoms with Crippen LogP contribution in [0.4, 0.5) is 10.1 Å². The molecule has 0 aliphatic carbocycles. The van der Waals surface area contributed by atoms with Gasteiger partial charge in [0.1, 0.15) is 5.82 Å². The van der Waals surface area contributed by atoms with E-state index < -0.39 is 0 Å². The molecule has 94 valence electrons. The highest BCUT2D eigenvalue weighted by Gasteiger charge is 2.07. The Morgan fingerprint density at radius 1 is 1.06 bits per heavy atom. The molecule has 0 spiro atoms. The quantitative estimate of drug-likeness (QED) is 0.830. The van der Waals surface area contributed by atoms with Gasteiger partial charge in [-0.25, -0.2) is 4.39 Å². The van der Waals surface area contributed by atoms with Crippen LogP contribution >= 0.6 is 0 Å². The number of rotatable bonds is 4. The maximum Gasteiger partial charge on any atom is 0.146 e. The number of aryl methyl sites for hydroxylation is 1. The number of nitrogens with one attached hydrogen (secondary N) is 1. The van der Waals surface area contributed by atoms with Crippen LogP contribution in [-0.4, -0.2) is 0 Å². The fourth-order valence-electron chi connectivity index (χ4n) is 1.94. The molecule has 0 saturated carbocycles. The molecule has 0 heterocycles. The van der Waals surface area contributed by atoms with Crippen molar-refractivity contribution < 1.29 is 4.39 Å². The van der Waals surface area contributed by atoms with Gasteiger partial charge in [0.05, 0.1) is 5.69 Å². The zero-order valence-electron chi connectivity index (χ0n) is 10.8. The highest BCUT2D eigenvalue weighted by Crippen LogP contribution is 2.21. The van der Waals surface area contributed by atoms with E-state index in [4.69, 9.17) is 0 Å². The third-order valence-electron chi connectivity index (χ3n) is 3.13. The lowest BCUT2D eigenvalue weighted by atomic mass is 10.0. The van der Waals surface area contributed by atoms with E-state index >= 15 is 0 Å². The molecule has 0 saturated heterocycles. The standard InChI is InChI=1S/C16H18FN/c1-3-13-8-10-14(11-9-13)12(2)18-16-7-5-4-6-15(16)17/h4-12,18H,3H2,1-2H3. The van der Waals surface area contributed by atoms with E-state index in [1.165, 1.54) is 11.6 Å². The molecule has 1 atom stereocenters. The Labute approximate surface area is 108 Å². The second kappa shape index (κ2) is 5.67. The van der Waals surface area contributed by atoms with Crippen LogP contribution < -0.4 is 5.32 Å². The van der Waals surface area contributed by atoms with Gasteiger partial charge in [-0.05, 0) is 36.6 Å². The zero-order chi connectivity index (χ0) is 13.0. The van der Waals surface area contributed by atoms with Gasteiger partial charge in [-0.2, -0.15) is 0 Å². The summed E-state index contributed by atoms with van der Waals surface area (Å²) in [6, 6.07) is 15.3. The molecule has 2 aromatic carbocycles. The van der Waals surface area contributed by atoms with Crippen LogP contribution in [0.3, 0.4) is 0 Å². The van der Waals surface area contributed by atoms with Crippen molar-refractivity contribution in [2.24, 2.45) is 0 Å². The summed E-state index contributed by atoms with van der Waals surface area (Å²) >= 11 is 0. The second-order valence-electron chi connectivity index (χ2n) is 4.44. The summed E-state index contributed by atoms with van der Waals surface area (Å²) in [5.74, 6) is -0.213. The molecule has 0 aliphatic heterocycles. The first-order valence-corrected chi connectivity index (χ1v) is 6.30. The van der Waals surface area contributed by atoms with E-state index in [9.17, 15) is 4.39 Å². The minimum absolute atomic E-state index is 0.0906. The van der Waals surface area contributed by atoms with Gasteiger partial charge in [0.15, 0.2) is 0 Å². The lowest BCUT2D eigenvalue weighted by Gasteiger charge is -2.16. The van der Waals surface area contributed by atoms with Crippen LogP contribution in [0.15, 0.2) is 48.5 Å². The predicted octanol–water partition coefficient (Wildman–Crippen LogP) is 4.56. The second-order valence-corrected chi connectivity index (χ2v) is 4.44. The van der Waals surface area contributed by atoms with E-state index in [0.29, 0.717) is 5.69 Å². The van der Waals surface area contributed by atoms with Crippen molar-refractivity contribution in [3.05, 3.63) is 65.5 Å². The van der Waals surface area contributed by atoms with Gasteiger partial charge < -0.3 is 5.32 Å². The van der Waals surface area contributed by atoms with Gasteiger partial charge in [0, 0.05) is 6.04 Å². The molecule has 0 amide bonds. The first kappa shape index (κ1) is 12.6. The Kier molecular flexibility index (Phi) is 3.98. The number of anilines is 1. The molecule has 0 aromatic heterocycles. The minimum Gasteiger partial charge on any atom is -0.376 e. The number of halogens is 1. The first-order chi connectivity index (χ1) is 8.70. The molecule has 0 bridgehead atoms. The smallest absolute Gasteiger partial charge is 0.146 e. The highest BCUT2D eigenvalue weighted by molar-refractivity contribution is 5.46. The van der Waals surface area contributed by atoms with Crippen molar-refractivity contribution in [3.8, 4) is 0 Å². The number of para-hydroxylation sites is 1. The summed E-state index contributed by atoms with van der Waals surface area (Å²) in [5, 5.41) is 3.19. The molecule has 0 fully saturated rings. The Balaban J connectivity index is 2.11. The molecule has 1 unspecified atom stereocenters. The van der Waals surface area contributed by atoms with E-state index in [2.05, 4.69) is 36.5 Å². The summed E-state index contributed by atoms with van der Waals surface area (Å²) in [6.07, 6.45) is 1.04. The number of hydrogen-bond acceptors (Lipinski definition) is 1. The highest BCUT2D eigenvalue weighted by atomic mass is 19.1. The third kappa shape index (κ3) is 2.89. The fraction of sp³-hybridized carbons (Fsp3) is 0.250. The van der Waals surface area contributed by atoms with Crippen molar-refractivity contribution >= 4 is 5.69 Å². The van der Waals surface area contributed by atoms with Crippen molar-refractivity contribution in [2.75, 3.05) is 5.32 Å². The lowest BCUT2D eigenvalue weighted by molar-refractivity contribution is 0.627. The predicted molar refractivity (Wildman–Crippen MR) is 74.3 cm³/mol. The van der Waals surface area contributed by atoms with E-state index in [0.717, 1.165) is 12.0 Å². The average molecular weight is 243 g/mol. The zero-order valence-corrected chi connectivity index (χ0v) is 10.8. The lowest BCUT2D eigenvalue weighted by Crippen LogP contribution is -2.07. The first-order valence-electron chi connectivity index (χ1n) is 6.30. The average Bonchev–Trinajstić information content (AvgIpc) is 2.41. The molecule has 1 nitrogen and oxygen atoms in total. The molecule has 2 heteroatoms. The Bertz CT molecular complexity index is 505. The fourth-order valence-corrected chi connectivity index (χ4v) is 1.94. The topological polar surface area (TPSA) is 12.0 Å². The van der Waals surface area contributed by atoms with E-state index in [-0.39, 0.29) is 11.9 Å². The maximum atomic E-state index is 13.5. The monoisotopic (exact) mass is 243 g/mol. The molecule has 18 heavy (non-hydrogen) atoms. The van der Waals surface area contributed by atoms with Crippen LogP contribution in [0.25, 0.3) is 0 Å².